The highest BCUT2D eigenvalue weighted by molar-refractivity contribution is 4.92. The van der Waals surface area contributed by atoms with Gasteiger partial charge in [0, 0.05) is 32.3 Å². The summed E-state index contributed by atoms with van der Waals surface area (Å²) in [5.74, 6) is 1.61. The van der Waals surface area contributed by atoms with Gasteiger partial charge in [0.15, 0.2) is 0 Å². The van der Waals surface area contributed by atoms with Crippen LogP contribution >= 0.6 is 0 Å². The van der Waals surface area contributed by atoms with Crippen molar-refractivity contribution in [3.63, 3.8) is 0 Å². The molecule has 1 aliphatic carbocycles. The average Bonchev–Trinajstić information content (AvgIpc) is 2.84. The van der Waals surface area contributed by atoms with Gasteiger partial charge >= 0.3 is 0 Å². The fourth-order valence-electron chi connectivity index (χ4n) is 4.50. The number of nitrogens with zero attached hydrogens (tertiary/aromatic N) is 1. The molecule has 0 spiro atoms. The standard InChI is InChI=1S/C18H36N2O/c1-15(2)19-13-18(8-4-5-16(3)11-18)14-20-9-6-17(12-20)7-10-21/h15-17,19,21H,4-14H2,1-3H3. The van der Waals surface area contributed by atoms with Crippen LogP contribution in [0.15, 0.2) is 0 Å². The van der Waals surface area contributed by atoms with E-state index in [0.29, 0.717) is 18.1 Å². The number of likely N-dealkylation sites (tertiary alicyclic amines) is 1. The third-order valence-corrected chi connectivity index (χ3v) is 5.54. The van der Waals surface area contributed by atoms with Gasteiger partial charge in [-0.15, -0.1) is 0 Å². The van der Waals surface area contributed by atoms with E-state index in [9.17, 15) is 0 Å². The number of aliphatic hydroxyl groups excluding tert-OH is 1. The average molecular weight is 296 g/mol. The van der Waals surface area contributed by atoms with Gasteiger partial charge in [0.1, 0.15) is 0 Å². The molecule has 0 bridgehead atoms. The molecule has 1 saturated carbocycles. The normalized spacial score (nSPS) is 34.7. The lowest BCUT2D eigenvalue weighted by Gasteiger charge is -2.43. The molecular formula is C18H36N2O. The third-order valence-electron chi connectivity index (χ3n) is 5.54. The van der Waals surface area contributed by atoms with Crippen molar-refractivity contribution >= 4 is 0 Å². The maximum atomic E-state index is 9.14. The van der Waals surface area contributed by atoms with Crippen molar-refractivity contribution in [3.8, 4) is 0 Å². The van der Waals surface area contributed by atoms with Crippen molar-refractivity contribution in [2.45, 2.75) is 65.3 Å². The molecule has 124 valence electrons. The molecule has 3 atom stereocenters. The second-order valence-corrected chi connectivity index (χ2v) is 8.14. The van der Waals surface area contributed by atoms with Crippen LogP contribution in [0.4, 0.5) is 0 Å². The second-order valence-electron chi connectivity index (χ2n) is 8.14. The Morgan fingerprint density at radius 1 is 1.33 bits per heavy atom. The summed E-state index contributed by atoms with van der Waals surface area (Å²) in [6, 6.07) is 0.583. The number of hydrogen-bond donors (Lipinski definition) is 2. The van der Waals surface area contributed by atoms with E-state index in [1.807, 2.05) is 0 Å². The van der Waals surface area contributed by atoms with Crippen LogP contribution in [0.3, 0.4) is 0 Å². The monoisotopic (exact) mass is 296 g/mol. The van der Waals surface area contributed by atoms with E-state index in [1.165, 1.54) is 58.3 Å². The Bertz CT molecular complexity index is 308. The van der Waals surface area contributed by atoms with E-state index in [4.69, 9.17) is 5.11 Å². The molecule has 1 aliphatic heterocycles. The van der Waals surface area contributed by atoms with Gasteiger partial charge in [-0.25, -0.2) is 0 Å². The summed E-state index contributed by atoms with van der Waals surface area (Å²) in [6.07, 6.45) is 7.85. The second kappa shape index (κ2) is 7.94. The molecule has 2 rings (SSSR count). The molecule has 0 aromatic carbocycles. The molecule has 0 radical (unpaired) electrons. The molecule has 0 amide bonds. The Morgan fingerprint density at radius 3 is 2.81 bits per heavy atom. The number of hydrogen-bond acceptors (Lipinski definition) is 3. The first-order valence-corrected chi connectivity index (χ1v) is 9.09. The van der Waals surface area contributed by atoms with Crippen LogP contribution in [0, 0.1) is 17.3 Å². The van der Waals surface area contributed by atoms with Gasteiger partial charge in [-0.2, -0.15) is 0 Å². The first-order valence-electron chi connectivity index (χ1n) is 9.09. The Kier molecular flexibility index (Phi) is 6.51. The predicted octanol–water partition coefficient (Wildman–Crippen LogP) is 2.89. The molecule has 1 heterocycles. The molecule has 0 aromatic rings. The minimum Gasteiger partial charge on any atom is -0.396 e. The van der Waals surface area contributed by atoms with Crippen molar-refractivity contribution < 1.29 is 5.11 Å². The number of aliphatic hydroxyl groups is 1. The van der Waals surface area contributed by atoms with E-state index in [1.54, 1.807) is 0 Å². The van der Waals surface area contributed by atoms with E-state index in [2.05, 4.69) is 31.0 Å². The van der Waals surface area contributed by atoms with E-state index in [0.717, 1.165) is 18.3 Å². The van der Waals surface area contributed by atoms with Crippen LogP contribution in [0.1, 0.15) is 59.3 Å². The highest BCUT2D eigenvalue weighted by atomic mass is 16.3. The third kappa shape index (κ3) is 5.22. The van der Waals surface area contributed by atoms with Crippen LogP contribution < -0.4 is 5.32 Å². The lowest BCUT2D eigenvalue weighted by molar-refractivity contribution is 0.0866. The van der Waals surface area contributed by atoms with Gasteiger partial charge in [0.25, 0.3) is 0 Å². The molecule has 21 heavy (non-hydrogen) atoms. The van der Waals surface area contributed by atoms with Gasteiger partial charge < -0.3 is 15.3 Å². The summed E-state index contributed by atoms with van der Waals surface area (Å²) in [5.41, 5.74) is 0.482. The zero-order chi connectivity index (χ0) is 15.3. The van der Waals surface area contributed by atoms with Gasteiger partial charge in [-0.1, -0.05) is 33.6 Å². The summed E-state index contributed by atoms with van der Waals surface area (Å²) in [7, 11) is 0. The molecule has 0 aromatic heterocycles. The van der Waals surface area contributed by atoms with Crippen LogP contribution in [-0.2, 0) is 0 Å². The molecule has 2 aliphatic rings. The summed E-state index contributed by atoms with van der Waals surface area (Å²) in [6.45, 7) is 12.2. The van der Waals surface area contributed by atoms with Gasteiger partial charge in [-0.3, -0.25) is 0 Å². The Balaban J connectivity index is 1.92. The van der Waals surface area contributed by atoms with Gasteiger partial charge in [0.05, 0.1) is 0 Å². The molecule has 1 saturated heterocycles. The largest absolute Gasteiger partial charge is 0.396 e. The molecule has 3 unspecified atom stereocenters. The molecular weight excluding hydrogens is 260 g/mol. The summed E-state index contributed by atoms with van der Waals surface area (Å²) in [5, 5.41) is 12.9. The van der Waals surface area contributed by atoms with E-state index >= 15 is 0 Å². The predicted molar refractivity (Wildman–Crippen MR) is 89.5 cm³/mol. The highest BCUT2D eigenvalue weighted by Gasteiger charge is 2.37. The molecule has 3 heteroatoms. The highest BCUT2D eigenvalue weighted by Crippen LogP contribution is 2.40. The van der Waals surface area contributed by atoms with E-state index in [-0.39, 0.29) is 0 Å². The van der Waals surface area contributed by atoms with Crippen LogP contribution in [0.5, 0.6) is 0 Å². The number of nitrogens with one attached hydrogen (secondary N) is 1. The Hall–Kier alpha value is -0.120. The van der Waals surface area contributed by atoms with Crippen molar-refractivity contribution in [1.29, 1.82) is 0 Å². The minimum atomic E-state index is 0.357. The molecule has 2 N–H and O–H groups in total. The maximum absolute atomic E-state index is 9.14. The first-order chi connectivity index (χ1) is 10.0. The van der Waals surface area contributed by atoms with Crippen molar-refractivity contribution in [2.24, 2.45) is 17.3 Å². The summed E-state index contributed by atoms with van der Waals surface area (Å²) < 4.78 is 0. The summed E-state index contributed by atoms with van der Waals surface area (Å²) in [4.78, 5) is 2.68. The fraction of sp³-hybridized carbons (Fsp3) is 1.00. The minimum absolute atomic E-state index is 0.357. The Morgan fingerprint density at radius 2 is 2.14 bits per heavy atom. The van der Waals surface area contributed by atoms with Crippen molar-refractivity contribution in [2.75, 3.05) is 32.8 Å². The fourth-order valence-corrected chi connectivity index (χ4v) is 4.50. The smallest absolute Gasteiger partial charge is 0.0434 e. The van der Waals surface area contributed by atoms with Gasteiger partial charge in [0.2, 0.25) is 0 Å². The lowest BCUT2D eigenvalue weighted by Crippen LogP contribution is -2.47. The van der Waals surface area contributed by atoms with Crippen LogP contribution in [-0.4, -0.2) is 48.8 Å². The van der Waals surface area contributed by atoms with Crippen LogP contribution in [0.25, 0.3) is 0 Å². The maximum Gasteiger partial charge on any atom is 0.0434 e. The zero-order valence-electron chi connectivity index (χ0n) is 14.4. The summed E-state index contributed by atoms with van der Waals surface area (Å²) >= 11 is 0. The topological polar surface area (TPSA) is 35.5 Å². The van der Waals surface area contributed by atoms with Crippen molar-refractivity contribution in [3.05, 3.63) is 0 Å². The quantitative estimate of drug-likeness (QED) is 0.758. The SMILES string of the molecule is CC1CCCC(CNC(C)C)(CN2CCC(CCO)C2)C1. The first kappa shape index (κ1) is 17.2. The lowest BCUT2D eigenvalue weighted by atomic mass is 9.69. The van der Waals surface area contributed by atoms with Crippen LogP contribution in [0.2, 0.25) is 0 Å². The van der Waals surface area contributed by atoms with Gasteiger partial charge in [-0.05, 0) is 49.5 Å². The molecule has 2 fully saturated rings. The zero-order valence-corrected chi connectivity index (χ0v) is 14.4. The Labute approximate surface area is 131 Å². The van der Waals surface area contributed by atoms with E-state index < -0.39 is 0 Å². The van der Waals surface area contributed by atoms with Crippen molar-refractivity contribution in [1.82, 2.24) is 10.2 Å². The number of rotatable bonds is 7. The molecule has 3 nitrogen and oxygen atoms in total.